The third-order valence-corrected chi connectivity index (χ3v) is 7.12. The number of thioether (sulfide) groups is 1. The van der Waals surface area contributed by atoms with E-state index in [4.69, 9.17) is 21.4 Å². The number of halogens is 2. The van der Waals surface area contributed by atoms with Gasteiger partial charge in [-0.25, -0.2) is 9.79 Å². The van der Waals surface area contributed by atoms with Gasteiger partial charge in [0.1, 0.15) is 11.5 Å². The van der Waals surface area contributed by atoms with Crippen molar-refractivity contribution in [3.8, 4) is 11.5 Å². The number of aromatic carboxylic acids is 1. The molecule has 35 heavy (non-hydrogen) atoms. The summed E-state index contributed by atoms with van der Waals surface area (Å²) in [6, 6.07) is 16.7. The Morgan fingerprint density at radius 2 is 1.86 bits per heavy atom. The predicted molar refractivity (Wildman–Crippen MR) is 145 cm³/mol. The maximum absolute atomic E-state index is 13.4. The Bertz CT molecular complexity index is 1360. The van der Waals surface area contributed by atoms with Gasteiger partial charge >= 0.3 is 5.97 Å². The number of amidine groups is 1. The van der Waals surface area contributed by atoms with Gasteiger partial charge in [0, 0.05) is 10.6 Å². The van der Waals surface area contributed by atoms with Crippen molar-refractivity contribution in [3.05, 3.63) is 90.9 Å². The number of ether oxygens (including phenoxy) is 1. The van der Waals surface area contributed by atoms with Gasteiger partial charge in [0.25, 0.3) is 5.91 Å². The van der Waals surface area contributed by atoms with Gasteiger partial charge in [-0.3, -0.25) is 9.69 Å². The van der Waals surface area contributed by atoms with E-state index >= 15 is 0 Å². The highest BCUT2D eigenvalue weighted by atomic mass is 127. The number of aliphatic imine (C=N–C) groups is 1. The summed E-state index contributed by atoms with van der Waals surface area (Å²) < 4.78 is 5.76. The van der Waals surface area contributed by atoms with Crippen LogP contribution in [0.1, 0.15) is 21.5 Å². The first kappa shape index (κ1) is 25.1. The lowest BCUT2D eigenvalue weighted by molar-refractivity contribution is -0.122. The van der Waals surface area contributed by atoms with Crippen molar-refractivity contribution in [3.63, 3.8) is 0 Å². The fraction of sp³-hybridized carbons (Fsp3) is 0.0800. The largest absolute Gasteiger partial charge is 0.506 e. The first-order valence-electron chi connectivity index (χ1n) is 10.2. The van der Waals surface area contributed by atoms with Crippen molar-refractivity contribution in [2.75, 3.05) is 7.11 Å². The Labute approximate surface area is 224 Å². The van der Waals surface area contributed by atoms with Crippen LogP contribution < -0.4 is 4.74 Å². The van der Waals surface area contributed by atoms with Crippen molar-refractivity contribution in [1.29, 1.82) is 0 Å². The molecule has 1 fully saturated rings. The highest BCUT2D eigenvalue weighted by Crippen LogP contribution is 2.38. The van der Waals surface area contributed by atoms with Crippen LogP contribution in [0.25, 0.3) is 6.08 Å². The van der Waals surface area contributed by atoms with E-state index in [1.54, 1.807) is 61.7 Å². The molecule has 7 nitrogen and oxygen atoms in total. The molecular formula is C25H18ClIN2O5S. The zero-order valence-corrected chi connectivity index (χ0v) is 22.0. The molecule has 0 unspecified atom stereocenters. The number of carboxylic acids is 1. The lowest BCUT2D eigenvalue weighted by atomic mass is 10.1. The van der Waals surface area contributed by atoms with Gasteiger partial charge in [-0.1, -0.05) is 23.7 Å². The fourth-order valence-electron chi connectivity index (χ4n) is 3.27. The number of carbonyl (C=O) groups is 2. The summed E-state index contributed by atoms with van der Waals surface area (Å²) in [6.45, 7) is 0.192. The van der Waals surface area contributed by atoms with E-state index in [2.05, 4.69) is 4.99 Å². The first-order chi connectivity index (χ1) is 16.7. The molecule has 3 aromatic rings. The molecule has 1 aliphatic heterocycles. The van der Waals surface area contributed by atoms with Gasteiger partial charge in [-0.15, -0.1) is 0 Å². The second-order valence-corrected chi connectivity index (χ2v) is 10.0. The molecule has 0 aliphatic carbocycles. The van der Waals surface area contributed by atoms with E-state index in [9.17, 15) is 14.7 Å². The van der Waals surface area contributed by atoms with Crippen LogP contribution in [-0.2, 0) is 11.3 Å². The highest BCUT2D eigenvalue weighted by Gasteiger charge is 2.34. The number of hydrogen-bond donors (Lipinski definition) is 2. The molecule has 10 heteroatoms. The van der Waals surface area contributed by atoms with Crippen LogP contribution in [-0.4, -0.2) is 39.3 Å². The van der Waals surface area contributed by atoms with E-state index in [0.717, 1.165) is 5.56 Å². The number of phenolic OH excluding ortho intramolecular Hbond substituents is 1. The molecule has 0 bridgehead atoms. The number of methoxy groups -OCH3 is 1. The molecular weight excluding hydrogens is 603 g/mol. The highest BCUT2D eigenvalue weighted by molar-refractivity contribution is 14.1. The summed E-state index contributed by atoms with van der Waals surface area (Å²) in [7, 11) is 1.58. The summed E-state index contributed by atoms with van der Waals surface area (Å²) in [5.41, 5.74) is 1.96. The topological polar surface area (TPSA) is 99.4 Å². The van der Waals surface area contributed by atoms with Crippen LogP contribution in [0.4, 0.5) is 5.69 Å². The average molecular weight is 621 g/mol. The second kappa shape index (κ2) is 10.7. The summed E-state index contributed by atoms with van der Waals surface area (Å²) >= 11 is 9.31. The molecule has 1 aliphatic rings. The summed E-state index contributed by atoms with van der Waals surface area (Å²) in [4.78, 5) is 31.1. The van der Waals surface area contributed by atoms with Crippen LogP contribution in [0.5, 0.6) is 11.5 Å². The number of rotatable bonds is 6. The van der Waals surface area contributed by atoms with Gasteiger partial charge in [-0.05, 0) is 94.5 Å². The third-order valence-electron chi connectivity index (χ3n) is 5.07. The molecule has 1 amide bonds. The molecule has 3 aromatic carbocycles. The average Bonchev–Trinajstić information content (AvgIpc) is 3.11. The predicted octanol–water partition coefficient (Wildman–Crippen LogP) is 6.16. The van der Waals surface area contributed by atoms with E-state index < -0.39 is 5.97 Å². The molecule has 1 heterocycles. The van der Waals surface area contributed by atoms with Gasteiger partial charge in [0.05, 0.1) is 33.4 Å². The quantitative estimate of drug-likeness (QED) is 0.253. The van der Waals surface area contributed by atoms with Crippen LogP contribution in [0, 0.1) is 3.57 Å². The molecule has 4 rings (SSSR count). The minimum atomic E-state index is -1.02. The fourth-order valence-corrected chi connectivity index (χ4v) is 5.32. The SMILES string of the molecule is COc1ccc(N=C2S/C(=C\c3cc(Cl)cc(I)c3O)C(=O)N2Cc2ccc(C(=O)O)cc2)cc1. The minimum absolute atomic E-state index is 0.0345. The number of phenols is 1. The molecule has 1 saturated heterocycles. The zero-order valence-electron chi connectivity index (χ0n) is 18.2. The van der Waals surface area contributed by atoms with Gasteiger partial charge in [-0.2, -0.15) is 0 Å². The molecule has 2 N–H and O–H groups in total. The number of hydrogen-bond acceptors (Lipinski definition) is 6. The van der Waals surface area contributed by atoms with Gasteiger partial charge in [0.2, 0.25) is 0 Å². The Kier molecular flexibility index (Phi) is 7.68. The normalized spacial score (nSPS) is 15.7. The maximum Gasteiger partial charge on any atom is 0.335 e. The molecule has 0 atom stereocenters. The van der Waals surface area contributed by atoms with Crippen molar-refractivity contribution in [2.24, 2.45) is 4.99 Å². The van der Waals surface area contributed by atoms with Crippen molar-refractivity contribution in [2.45, 2.75) is 6.54 Å². The number of carbonyl (C=O) groups excluding carboxylic acids is 1. The van der Waals surface area contributed by atoms with Gasteiger partial charge in [0.15, 0.2) is 5.17 Å². The molecule has 0 radical (unpaired) electrons. The van der Waals surface area contributed by atoms with Crippen molar-refractivity contribution in [1.82, 2.24) is 4.90 Å². The van der Waals surface area contributed by atoms with E-state index in [1.165, 1.54) is 28.8 Å². The number of benzene rings is 3. The lowest BCUT2D eigenvalue weighted by Crippen LogP contribution is -2.28. The second-order valence-electron chi connectivity index (χ2n) is 7.42. The Morgan fingerprint density at radius 1 is 1.17 bits per heavy atom. The van der Waals surface area contributed by atoms with Crippen molar-refractivity contribution < 1.29 is 24.5 Å². The van der Waals surface area contributed by atoms with Crippen LogP contribution in [0.15, 0.2) is 70.6 Å². The van der Waals surface area contributed by atoms with Crippen LogP contribution in [0.2, 0.25) is 5.02 Å². The van der Waals surface area contributed by atoms with E-state index in [0.29, 0.717) is 35.7 Å². The number of carboxylic acid groups (broad SMARTS) is 1. The molecule has 0 saturated carbocycles. The number of nitrogens with zero attached hydrogens (tertiary/aromatic N) is 2. The smallest absolute Gasteiger partial charge is 0.335 e. The Balaban J connectivity index is 1.72. The van der Waals surface area contributed by atoms with Crippen molar-refractivity contribution >= 4 is 74.8 Å². The zero-order chi connectivity index (χ0) is 25.1. The number of amides is 1. The molecule has 178 valence electrons. The maximum atomic E-state index is 13.4. The first-order valence-corrected chi connectivity index (χ1v) is 12.5. The monoisotopic (exact) mass is 620 g/mol. The summed E-state index contributed by atoms with van der Waals surface area (Å²) in [5.74, 6) is -0.593. The number of aromatic hydroxyl groups is 1. The Morgan fingerprint density at radius 3 is 2.49 bits per heavy atom. The minimum Gasteiger partial charge on any atom is -0.506 e. The lowest BCUT2D eigenvalue weighted by Gasteiger charge is -2.16. The van der Waals surface area contributed by atoms with Crippen LogP contribution in [0.3, 0.4) is 0 Å². The molecule has 0 spiro atoms. The third kappa shape index (κ3) is 5.80. The Hall–Kier alpha value is -3.02. The molecule has 0 aromatic heterocycles. The van der Waals surface area contributed by atoms with E-state index in [1.807, 2.05) is 22.6 Å². The summed E-state index contributed by atoms with van der Waals surface area (Å²) in [6.07, 6.45) is 1.59. The summed E-state index contributed by atoms with van der Waals surface area (Å²) in [5, 5.41) is 20.5. The van der Waals surface area contributed by atoms with Gasteiger partial charge < -0.3 is 14.9 Å². The standard InChI is InChI=1S/C25H18ClIN2O5S/c1-34-19-8-6-18(7-9-19)28-25-29(13-14-2-4-15(5-3-14)24(32)33)23(31)21(35-25)11-16-10-17(26)12-20(27)22(16)30/h2-12,30H,13H2,1H3,(H,32,33)/b21-11-,28-25?. The van der Waals surface area contributed by atoms with E-state index in [-0.39, 0.29) is 23.8 Å². The van der Waals surface area contributed by atoms with Crippen LogP contribution >= 0.6 is 46.0 Å².